The van der Waals surface area contributed by atoms with Crippen LogP contribution in [0, 0.1) is 0 Å². The Hall–Kier alpha value is -3.87. The summed E-state index contributed by atoms with van der Waals surface area (Å²) in [5, 5.41) is 2.11. The molecular formula is C25H25NO6. The van der Waals surface area contributed by atoms with Crippen LogP contribution >= 0.6 is 0 Å². The Bertz CT molecular complexity index is 1340. The molecule has 1 aromatic heterocycles. The summed E-state index contributed by atoms with van der Waals surface area (Å²) in [6.45, 7) is 0.374. The number of aromatic nitrogens is 1. The molecule has 1 heterocycles. The molecule has 0 aliphatic rings. The molecule has 3 aromatic carbocycles. The minimum absolute atomic E-state index is 0.142. The summed E-state index contributed by atoms with van der Waals surface area (Å²) in [5.74, 6) is 2.91. The zero-order valence-electron chi connectivity index (χ0n) is 18.7. The van der Waals surface area contributed by atoms with E-state index in [-0.39, 0.29) is 5.56 Å². The van der Waals surface area contributed by atoms with Gasteiger partial charge in [0.05, 0.1) is 53.0 Å². The maximum absolute atomic E-state index is 13.7. The van der Waals surface area contributed by atoms with E-state index < -0.39 is 0 Å². The molecule has 32 heavy (non-hydrogen) atoms. The van der Waals surface area contributed by atoms with Gasteiger partial charge in [0, 0.05) is 16.8 Å². The van der Waals surface area contributed by atoms with Crippen LogP contribution in [-0.2, 0) is 6.54 Å². The minimum Gasteiger partial charge on any atom is -0.497 e. The highest BCUT2D eigenvalue weighted by molar-refractivity contribution is 6.07. The third-order valence-corrected chi connectivity index (χ3v) is 5.58. The highest BCUT2D eigenvalue weighted by Crippen LogP contribution is 2.38. The van der Waals surface area contributed by atoms with Gasteiger partial charge in [-0.25, -0.2) is 0 Å². The zero-order valence-corrected chi connectivity index (χ0v) is 18.7. The molecule has 0 aliphatic carbocycles. The molecule has 0 atom stereocenters. The summed E-state index contributed by atoms with van der Waals surface area (Å²) in [7, 11) is 7.90. The van der Waals surface area contributed by atoms with Gasteiger partial charge in [0.1, 0.15) is 5.75 Å². The zero-order chi connectivity index (χ0) is 22.8. The van der Waals surface area contributed by atoms with Crippen molar-refractivity contribution >= 4 is 21.7 Å². The quantitative estimate of drug-likeness (QED) is 0.405. The third-order valence-electron chi connectivity index (χ3n) is 5.58. The number of hydrogen-bond acceptors (Lipinski definition) is 6. The largest absolute Gasteiger partial charge is 0.497 e. The highest BCUT2D eigenvalue weighted by Gasteiger charge is 2.18. The first-order valence-electron chi connectivity index (χ1n) is 10.0. The van der Waals surface area contributed by atoms with E-state index in [9.17, 15) is 4.79 Å². The van der Waals surface area contributed by atoms with Crippen molar-refractivity contribution in [1.82, 2.24) is 4.57 Å². The highest BCUT2D eigenvalue weighted by atomic mass is 16.5. The molecule has 0 amide bonds. The molecule has 0 N–H and O–H groups in total. The van der Waals surface area contributed by atoms with Crippen molar-refractivity contribution in [2.75, 3.05) is 35.5 Å². The van der Waals surface area contributed by atoms with E-state index in [2.05, 4.69) is 0 Å². The Kier molecular flexibility index (Phi) is 5.81. The maximum atomic E-state index is 13.7. The monoisotopic (exact) mass is 435 g/mol. The lowest BCUT2D eigenvalue weighted by Crippen LogP contribution is -2.22. The van der Waals surface area contributed by atoms with E-state index in [4.69, 9.17) is 23.7 Å². The van der Waals surface area contributed by atoms with Gasteiger partial charge >= 0.3 is 0 Å². The van der Waals surface area contributed by atoms with Gasteiger partial charge in [-0.2, -0.15) is 0 Å². The minimum atomic E-state index is -0.142. The number of ether oxygens (including phenoxy) is 5. The summed E-state index contributed by atoms with van der Waals surface area (Å²) in [6.07, 6.45) is 0. The predicted octanol–water partition coefficient (Wildman–Crippen LogP) is 4.25. The smallest absolute Gasteiger partial charge is 0.259 e. The van der Waals surface area contributed by atoms with Crippen molar-refractivity contribution in [3.63, 3.8) is 0 Å². The molecule has 0 saturated carbocycles. The second-order valence-corrected chi connectivity index (χ2v) is 7.22. The molecule has 7 heteroatoms. The molecule has 4 aromatic rings. The van der Waals surface area contributed by atoms with Crippen LogP contribution in [0.25, 0.3) is 21.7 Å². The lowest BCUT2D eigenvalue weighted by molar-refractivity contribution is 0.355. The van der Waals surface area contributed by atoms with E-state index in [0.29, 0.717) is 34.9 Å². The van der Waals surface area contributed by atoms with Crippen LogP contribution in [0.5, 0.6) is 28.7 Å². The molecule has 0 fully saturated rings. The predicted molar refractivity (Wildman–Crippen MR) is 124 cm³/mol. The van der Waals surface area contributed by atoms with Gasteiger partial charge < -0.3 is 28.3 Å². The number of rotatable bonds is 7. The van der Waals surface area contributed by atoms with Gasteiger partial charge in [0.15, 0.2) is 23.0 Å². The second-order valence-electron chi connectivity index (χ2n) is 7.22. The Morgan fingerprint density at radius 3 is 1.66 bits per heavy atom. The third kappa shape index (κ3) is 3.56. The van der Waals surface area contributed by atoms with Gasteiger partial charge in [-0.15, -0.1) is 0 Å². The van der Waals surface area contributed by atoms with Crippen LogP contribution in [0.2, 0.25) is 0 Å². The molecule has 7 nitrogen and oxygen atoms in total. The topological polar surface area (TPSA) is 68.2 Å². The molecule has 166 valence electrons. The van der Waals surface area contributed by atoms with Gasteiger partial charge in [-0.1, -0.05) is 12.1 Å². The molecule has 0 unspecified atom stereocenters. The number of pyridine rings is 1. The first-order valence-corrected chi connectivity index (χ1v) is 10.0. The van der Waals surface area contributed by atoms with E-state index >= 15 is 0 Å². The van der Waals surface area contributed by atoms with Crippen LogP contribution < -0.4 is 29.2 Å². The van der Waals surface area contributed by atoms with Crippen molar-refractivity contribution < 1.29 is 23.7 Å². The SMILES string of the molecule is COc1ccc(Cn2c(=O)c3cc(OC)c(OC)cc3c3cc(OC)c(OC)cc32)cc1. The van der Waals surface area contributed by atoms with E-state index in [1.54, 1.807) is 46.2 Å². The first kappa shape index (κ1) is 21.4. The van der Waals surface area contributed by atoms with Crippen LogP contribution in [0.15, 0.2) is 53.3 Å². The van der Waals surface area contributed by atoms with Crippen molar-refractivity contribution in [1.29, 1.82) is 0 Å². The number of benzene rings is 3. The van der Waals surface area contributed by atoms with Gasteiger partial charge in [-0.3, -0.25) is 4.79 Å². The van der Waals surface area contributed by atoms with Crippen LogP contribution in [-0.4, -0.2) is 40.1 Å². The van der Waals surface area contributed by atoms with Crippen molar-refractivity contribution in [2.45, 2.75) is 6.54 Å². The molecule has 0 spiro atoms. The average molecular weight is 435 g/mol. The first-order chi connectivity index (χ1) is 15.5. The fourth-order valence-corrected chi connectivity index (χ4v) is 3.91. The summed E-state index contributed by atoms with van der Waals surface area (Å²) < 4.78 is 28.9. The molecular weight excluding hydrogens is 410 g/mol. The van der Waals surface area contributed by atoms with Crippen molar-refractivity contribution in [2.24, 2.45) is 0 Å². The van der Waals surface area contributed by atoms with Crippen LogP contribution in [0.1, 0.15) is 5.56 Å². The van der Waals surface area contributed by atoms with Gasteiger partial charge in [0.2, 0.25) is 0 Å². The van der Waals surface area contributed by atoms with E-state index in [0.717, 1.165) is 27.6 Å². The molecule has 0 saturated heterocycles. The summed E-state index contributed by atoms with van der Waals surface area (Å²) >= 11 is 0. The Morgan fingerprint density at radius 1 is 0.625 bits per heavy atom. The fourth-order valence-electron chi connectivity index (χ4n) is 3.91. The maximum Gasteiger partial charge on any atom is 0.259 e. The van der Waals surface area contributed by atoms with Crippen molar-refractivity contribution in [3.8, 4) is 28.7 Å². The lowest BCUT2D eigenvalue weighted by atomic mass is 10.0. The molecule has 0 aliphatic heterocycles. The van der Waals surface area contributed by atoms with Crippen molar-refractivity contribution in [3.05, 3.63) is 64.4 Å². The summed E-state index contributed by atoms with van der Waals surface area (Å²) in [6, 6.07) is 14.9. The van der Waals surface area contributed by atoms with E-state index in [1.165, 1.54) is 0 Å². The lowest BCUT2D eigenvalue weighted by Gasteiger charge is -2.18. The van der Waals surface area contributed by atoms with Crippen LogP contribution in [0.4, 0.5) is 0 Å². The Labute approximate surface area is 185 Å². The summed E-state index contributed by atoms with van der Waals surface area (Å²) in [4.78, 5) is 13.7. The molecule has 0 radical (unpaired) electrons. The number of nitrogens with zero attached hydrogens (tertiary/aromatic N) is 1. The van der Waals surface area contributed by atoms with Crippen LogP contribution in [0.3, 0.4) is 0 Å². The second kappa shape index (κ2) is 8.70. The Morgan fingerprint density at radius 2 is 1.12 bits per heavy atom. The average Bonchev–Trinajstić information content (AvgIpc) is 2.85. The standard InChI is InChI=1S/C25H25NO6/c1-28-16-8-6-15(7-9-16)14-26-20-13-24(32-5)22(30-3)11-18(20)17-10-21(29-2)23(31-4)12-19(17)25(26)27/h6-13H,14H2,1-5H3. The van der Waals surface area contributed by atoms with Gasteiger partial charge in [-0.05, 0) is 35.9 Å². The number of hydrogen-bond donors (Lipinski definition) is 0. The fraction of sp³-hybridized carbons (Fsp3) is 0.240. The van der Waals surface area contributed by atoms with Gasteiger partial charge in [0.25, 0.3) is 5.56 Å². The normalized spacial score (nSPS) is 10.9. The number of methoxy groups -OCH3 is 5. The molecule has 4 rings (SSSR count). The Balaban J connectivity index is 2.07. The molecule has 0 bridgehead atoms. The number of fused-ring (bicyclic) bond motifs is 3. The van der Waals surface area contributed by atoms with E-state index in [1.807, 2.05) is 42.5 Å². The summed E-state index contributed by atoms with van der Waals surface area (Å²) in [5.41, 5.74) is 1.54.